The second-order valence-electron chi connectivity index (χ2n) is 5.81. The highest BCUT2D eigenvalue weighted by atomic mass is 19.4. The lowest BCUT2D eigenvalue weighted by Crippen LogP contribution is -2.30. The fraction of sp³-hybridized carbons (Fsp3) is 0.500. The summed E-state index contributed by atoms with van der Waals surface area (Å²) in [6.45, 7) is 5.03. The number of carboxylic acids is 1. The SMILES string of the molecule is CC(C)(C)[C@H](Cc1cc(F)cc(C(F)(F)F)c1)C(=O)O. The van der Waals surface area contributed by atoms with E-state index in [0.29, 0.717) is 6.07 Å². The smallest absolute Gasteiger partial charge is 0.416 e. The van der Waals surface area contributed by atoms with Crippen LogP contribution in [0.3, 0.4) is 0 Å². The Morgan fingerprint density at radius 2 is 1.75 bits per heavy atom. The van der Waals surface area contributed by atoms with Gasteiger partial charge in [0, 0.05) is 0 Å². The van der Waals surface area contributed by atoms with Crippen LogP contribution in [0, 0.1) is 17.2 Å². The molecule has 0 unspecified atom stereocenters. The summed E-state index contributed by atoms with van der Waals surface area (Å²) >= 11 is 0. The summed E-state index contributed by atoms with van der Waals surface area (Å²) in [7, 11) is 0. The molecule has 0 fully saturated rings. The Balaban J connectivity index is 3.15. The molecule has 1 aromatic carbocycles. The Hall–Kier alpha value is -1.59. The predicted molar refractivity (Wildman–Crippen MR) is 65.7 cm³/mol. The van der Waals surface area contributed by atoms with Gasteiger partial charge in [0.2, 0.25) is 0 Å². The van der Waals surface area contributed by atoms with Crippen molar-refractivity contribution in [2.75, 3.05) is 0 Å². The Morgan fingerprint density at radius 3 is 2.15 bits per heavy atom. The average molecular weight is 292 g/mol. The highest BCUT2D eigenvalue weighted by Gasteiger charge is 2.34. The van der Waals surface area contributed by atoms with Crippen molar-refractivity contribution < 1.29 is 27.5 Å². The minimum atomic E-state index is -4.66. The van der Waals surface area contributed by atoms with Gasteiger partial charge < -0.3 is 5.11 Å². The van der Waals surface area contributed by atoms with Gasteiger partial charge in [-0.15, -0.1) is 0 Å². The molecule has 0 aliphatic rings. The van der Waals surface area contributed by atoms with Gasteiger partial charge in [0.15, 0.2) is 0 Å². The van der Waals surface area contributed by atoms with Crippen molar-refractivity contribution in [2.45, 2.75) is 33.4 Å². The highest BCUT2D eigenvalue weighted by Crippen LogP contribution is 2.33. The molecule has 0 heterocycles. The number of halogens is 4. The van der Waals surface area contributed by atoms with Crippen LogP contribution in [0.15, 0.2) is 18.2 Å². The van der Waals surface area contributed by atoms with E-state index in [0.717, 1.165) is 12.1 Å². The van der Waals surface area contributed by atoms with E-state index in [4.69, 9.17) is 5.11 Å². The third-order valence-corrected chi connectivity index (χ3v) is 3.07. The zero-order chi connectivity index (χ0) is 15.7. The van der Waals surface area contributed by atoms with Crippen molar-refractivity contribution in [3.8, 4) is 0 Å². The van der Waals surface area contributed by atoms with Gasteiger partial charge in [-0.3, -0.25) is 4.79 Å². The van der Waals surface area contributed by atoms with Crippen LogP contribution in [-0.4, -0.2) is 11.1 Å². The molecule has 1 rings (SSSR count). The van der Waals surface area contributed by atoms with E-state index in [9.17, 15) is 22.4 Å². The molecule has 1 N–H and O–H groups in total. The number of carbonyl (C=O) groups is 1. The molecule has 0 aromatic heterocycles. The number of aliphatic carboxylic acids is 1. The molecule has 2 nitrogen and oxygen atoms in total. The van der Waals surface area contributed by atoms with E-state index in [-0.39, 0.29) is 12.0 Å². The van der Waals surface area contributed by atoms with Crippen LogP contribution in [0.5, 0.6) is 0 Å². The van der Waals surface area contributed by atoms with Crippen molar-refractivity contribution in [2.24, 2.45) is 11.3 Å². The maximum absolute atomic E-state index is 13.3. The monoisotopic (exact) mass is 292 g/mol. The molecule has 1 aromatic rings. The lowest BCUT2D eigenvalue weighted by atomic mass is 9.77. The fourth-order valence-corrected chi connectivity index (χ4v) is 1.93. The highest BCUT2D eigenvalue weighted by molar-refractivity contribution is 5.71. The van der Waals surface area contributed by atoms with Gasteiger partial charge in [-0.2, -0.15) is 13.2 Å². The summed E-state index contributed by atoms with van der Waals surface area (Å²) in [5.74, 6) is -3.03. The standard InChI is InChI=1S/C14H16F4O2/c1-13(2,3)11(12(19)20)6-8-4-9(14(16,17)18)7-10(15)5-8/h4-5,7,11H,6H2,1-3H3,(H,19,20)/t11-/m1/s1. The minimum absolute atomic E-state index is 0.0275. The molecular weight excluding hydrogens is 276 g/mol. The summed E-state index contributed by atoms with van der Waals surface area (Å²) in [6, 6.07) is 2.14. The lowest BCUT2D eigenvalue weighted by molar-refractivity contribution is -0.145. The van der Waals surface area contributed by atoms with Gasteiger partial charge in [0.25, 0.3) is 0 Å². The van der Waals surface area contributed by atoms with E-state index >= 15 is 0 Å². The Bertz CT molecular complexity index is 501. The molecule has 0 aliphatic heterocycles. The first-order valence-electron chi connectivity index (χ1n) is 6.00. The zero-order valence-electron chi connectivity index (χ0n) is 11.4. The van der Waals surface area contributed by atoms with Crippen molar-refractivity contribution >= 4 is 5.97 Å². The Labute approximate surface area is 114 Å². The van der Waals surface area contributed by atoms with Gasteiger partial charge in [0.1, 0.15) is 5.82 Å². The number of alkyl halides is 3. The Kier molecular flexibility index (Phi) is 4.46. The van der Waals surface area contributed by atoms with Crippen LogP contribution in [-0.2, 0) is 17.4 Å². The van der Waals surface area contributed by atoms with Gasteiger partial charge in [-0.05, 0) is 35.6 Å². The molecule has 0 bridgehead atoms. The van der Waals surface area contributed by atoms with E-state index in [2.05, 4.69) is 0 Å². The summed E-state index contributed by atoms with van der Waals surface area (Å²) in [5.41, 5.74) is -1.72. The summed E-state index contributed by atoms with van der Waals surface area (Å²) in [6.07, 6.45) is -4.81. The summed E-state index contributed by atoms with van der Waals surface area (Å²) in [5, 5.41) is 9.15. The van der Waals surface area contributed by atoms with Crippen LogP contribution in [0.2, 0.25) is 0 Å². The number of rotatable bonds is 3. The van der Waals surface area contributed by atoms with Gasteiger partial charge in [-0.1, -0.05) is 20.8 Å². The lowest BCUT2D eigenvalue weighted by Gasteiger charge is -2.27. The molecule has 112 valence electrons. The Morgan fingerprint density at radius 1 is 1.20 bits per heavy atom. The molecule has 0 aliphatic carbocycles. The second-order valence-corrected chi connectivity index (χ2v) is 5.81. The van der Waals surface area contributed by atoms with E-state index in [1.54, 1.807) is 20.8 Å². The zero-order valence-corrected chi connectivity index (χ0v) is 11.4. The van der Waals surface area contributed by atoms with Crippen LogP contribution in [0.4, 0.5) is 17.6 Å². The second kappa shape index (κ2) is 5.42. The molecule has 0 saturated heterocycles. The quantitative estimate of drug-likeness (QED) is 0.850. The summed E-state index contributed by atoms with van der Waals surface area (Å²) < 4.78 is 51.0. The molecule has 0 spiro atoms. The number of hydrogen-bond acceptors (Lipinski definition) is 1. The normalized spacial score (nSPS) is 14.2. The fourth-order valence-electron chi connectivity index (χ4n) is 1.93. The maximum Gasteiger partial charge on any atom is 0.416 e. The van der Waals surface area contributed by atoms with E-state index in [1.807, 2.05) is 0 Å². The number of hydrogen-bond donors (Lipinski definition) is 1. The van der Waals surface area contributed by atoms with Gasteiger partial charge in [-0.25, -0.2) is 4.39 Å². The van der Waals surface area contributed by atoms with Crippen LogP contribution in [0.1, 0.15) is 31.9 Å². The molecular formula is C14H16F4O2. The first kappa shape index (κ1) is 16.5. The maximum atomic E-state index is 13.3. The molecule has 0 amide bonds. The third-order valence-electron chi connectivity index (χ3n) is 3.07. The van der Waals surface area contributed by atoms with Crippen molar-refractivity contribution in [3.63, 3.8) is 0 Å². The predicted octanol–water partition coefficient (Wildman–Crippen LogP) is 4.13. The summed E-state index contributed by atoms with van der Waals surface area (Å²) in [4.78, 5) is 11.2. The van der Waals surface area contributed by atoms with Crippen molar-refractivity contribution in [1.29, 1.82) is 0 Å². The van der Waals surface area contributed by atoms with Gasteiger partial charge >= 0.3 is 12.1 Å². The first-order chi connectivity index (χ1) is 8.91. The molecule has 20 heavy (non-hydrogen) atoms. The number of carboxylic acid groups (broad SMARTS) is 1. The van der Waals surface area contributed by atoms with E-state index in [1.165, 1.54) is 0 Å². The van der Waals surface area contributed by atoms with Crippen molar-refractivity contribution in [3.05, 3.63) is 35.1 Å². The molecule has 6 heteroatoms. The first-order valence-corrected chi connectivity index (χ1v) is 6.00. The average Bonchev–Trinajstić information content (AvgIpc) is 2.21. The van der Waals surface area contributed by atoms with Crippen LogP contribution in [0.25, 0.3) is 0 Å². The topological polar surface area (TPSA) is 37.3 Å². The third kappa shape index (κ3) is 4.21. The van der Waals surface area contributed by atoms with Crippen molar-refractivity contribution in [1.82, 2.24) is 0 Å². The molecule has 1 atom stereocenters. The van der Waals surface area contributed by atoms with Crippen LogP contribution >= 0.6 is 0 Å². The largest absolute Gasteiger partial charge is 0.481 e. The molecule has 0 radical (unpaired) electrons. The number of benzene rings is 1. The van der Waals surface area contributed by atoms with Gasteiger partial charge in [0.05, 0.1) is 11.5 Å². The molecule has 0 saturated carbocycles. The van der Waals surface area contributed by atoms with Crippen LogP contribution < -0.4 is 0 Å². The van der Waals surface area contributed by atoms with E-state index < -0.39 is 34.9 Å². The minimum Gasteiger partial charge on any atom is -0.481 e.